The highest BCUT2D eigenvalue weighted by Crippen LogP contribution is 2.35. The summed E-state index contributed by atoms with van der Waals surface area (Å²) in [4.78, 5) is 23.5. The molecule has 1 N–H and O–H groups in total. The molecule has 1 saturated heterocycles. The second-order valence-electron chi connectivity index (χ2n) is 5.79. The van der Waals surface area contributed by atoms with E-state index in [9.17, 15) is 22.8 Å². The van der Waals surface area contributed by atoms with Gasteiger partial charge in [0.2, 0.25) is 0 Å². The molecule has 0 aliphatic carbocycles. The van der Waals surface area contributed by atoms with E-state index >= 15 is 0 Å². The predicted octanol–water partition coefficient (Wildman–Crippen LogP) is 3.44. The molecule has 0 radical (unpaired) electrons. The summed E-state index contributed by atoms with van der Waals surface area (Å²) in [5, 5.41) is 8.81. The number of rotatable bonds is 4. The van der Waals surface area contributed by atoms with E-state index in [1.807, 2.05) is 0 Å². The minimum Gasteiger partial charge on any atom is -0.481 e. The maximum Gasteiger partial charge on any atom is 0.410 e. The van der Waals surface area contributed by atoms with Crippen LogP contribution in [0.2, 0.25) is 0 Å². The highest BCUT2D eigenvalue weighted by atomic mass is 19.4. The van der Waals surface area contributed by atoms with Gasteiger partial charge in [-0.3, -0.25) is 9.69 Å². The number of amides is 1. The molecule has 1 aromatic rings. The van der Waals surface area contributed by atoms with Crippen LogP contribution in [-0.2, 0) is 16.1 Å². The lowest BCUT2D eigenvalue weighted by Gasteiger charge is -2.39. The zero-order valence-electron chi connectivity index (χ0n) is 12.8. The highest BCUT2D eigenvalue weighted by Gasteiger charge is 2.48. The Morgan fingerprint density at radius 3 is 2.46 bits per heavy atom. The highest BCUT2D eigenvalue weighted by molar-refractivity contribution is 5.69. The molecule has 1 fully saturated rings. The maximum atomic E-state index is 13.1. The maximum absolute atomic E-state index is 13.1. The van der Waals surface area contributed by atoms with Crippen molar-refractivity contribution in [1.29, 1.82) is 0 Å². The summed E-state index contributed by atoms with van der Waals surface area (Å²) in [6.45, 7) is -0.408. The third kappa shape index (κ3) is 4.87. The Labute approximate surface area is 137 Å². The number of piperidine rings is 1. The van der Waals surface area contributed by atoms with Crippen molar-refractivity contribution in [3.8, 4) is 0 Å². The van der Waals surface area contributed by atoms with Gasteiger partial charge in [-0.15, -0.1) is 0 Å². The van der Waals surface area contributed by atoms with Crippen LogP contribution in [-0.4, -0.2) is 40.8 Å². The Morgan fingerprint density at radius 2 is 1.88 bits per heavy atom. The van der Waals surface area contributed by atoms with Crippen LogP contribution < -0.4 is 0 Å². The first-order valence-electron chi connectivity index (χ1n) is 7.53. The number of carboxylic acid groups (broad SMARTS) is 1. The van der Waals surface area contributed by atoms with Crippen molar-refractivity contribution >= 4 is 12.1 Å². The molecule has 24 heavy (non-hydrogen) atoms. The molecule has 5 nitrogen and oxygen atoms in total. The Morgan fingerprint density at radius 1 is 1.21 bits per heavy atom. The molecule has 1 aliphatic rings. The monoisotopic (exact) mass is 345 g/mol. The Kier molecular flexibility index (Phi) is 5.69. The van der Waals surface area contributed by atoms with Crippen LogP contribution >= 0.6 is 0 Å². The molecule has 1 aromatic carbocycles. The van der Waals surface area contributed by atoms with Gasteiger partial charge in [0.05, 0.1) is 0 Å². The first kappa shape index (κ1) is 18.1. The number of benzene rings is 1. The van der Waals surface area contributed by atoms with Crippen molar-refractivity contribution in [2.75, 3.05) is 6.54 Å². The molecule has 0 spiro atoms. The Bertz CT molecular complexity index is 576. The molecule has 1 heterocycles. The van der Waals surface area contributed by atoms with E-state index in [-0.39, 0.29) is 32.4 Å². The third-order valence-corrected chi connectivity index (χ3v) is 3.96. The van der Waals surface area contributed by atoms with Crippen LogP contribution in [0.1, 0.15) is 24.8 Å². The molecule has 0 aromatic heterocycles. The number of ether oxygens (including phenoxy) is 1. The average Bonchev–Trinajstić information content (AvgIpc) is 2.52. The zero-order chi connectivity index (χ0) is 17.7. The lowest BCUT2D eigenvalue weighted by Crippen LogP contribution is -2.53. The van der Waals surface area contributed by atoms with E-state index in [1.165, 1.54) is 0 Å². The molecule has 2 atom stereocenters. The van der Waals surface area contributed by atoms with Crippen molar-refractivity contribution in [2.24, 2.45) is 5.92 Å². The van der Waals surface area contributed by atoms with Gasteiger partial charge in [-0.25, -0.2) is 4.79 Å². The molecular formula is C16H18F3NO4. The number of carbonyl (C=O) groups is 2. The number of nitrogens with zero attached hydrogens (tertiary/aromatic N) is 1. The van der Waals surface area contributed by atoms with Crippen molar-refractivity contribution in [1.82, 2.24) is 4.90 Å². The summed E-state index contributed by atoms with van der Waals surface area (Å²) in [6.07, 6.45) is -6.12. The summed E-state index contributed by atoms with van der Waals surface area (Å²) in [7, 11) is 0. The number of likely N-dealkylation sites (tertiary alicyclic amines) is 1. The van der Waals surface area contributed by atoms with Gasteiger partial charge in [-0.2, -0.15) is 13.2 Å². The van der Waals surface area contributed by atoms with Crippen molar-refractivity contribution in [3.05, 3.63) is 35.9 Å². The average molecular weight is 345 g/mol. The first-order valence-corrected chi connectivity index (χ1v) is 7.53. The fourth-order valence-electron chi connectivity index (χ4n) is 2.80. The number of hydrogen-bond acceptors (Lipinski definition) is 3. The third-order valence-electron chi connectivity index (χ3n) is 3.96. The fraction of sp³-hybridized carbons (Fsp3) is 0.500. The largest absolute Gasteiger partial charge is 0.481 e. The molecule has 1 aliphatic heterocycles. The van der Waals surface area contributed by atoms with Crippen molar-refractivity contribution in [2.45, 2.75) is 38.1 Å². The molecule has 132 valence electrons. The SMILES string of the molecule is O=C(O)C[C@H]1CC[C@@H](C(F)(F)F)N(C(=O)OCc2ccccc2)C1. The van der Waals surface area contributed by atoms with Gasteiger partial charge in [0.25, 0.3) is 0 Å². The van der Waals surface area contributed by atoms with Gasteiger partial charge in [-0.1, -0.05) is 30.3 Å². The molecular weight excluding hydrogens is 327 g/mol. The molecule has 1 amide bonds. The van der Waals surface area contributed by atoms with Gasteiger partial charge in [0.15, 0.2) is 0 Å². The van der Waals surface area contributed by atoms with E-state index in [2.05, 4.69) is 0 Å². The molecule has 0 bridgehead atoms. The Balaban J connectivity index is 2.04. The molecule has 0 saturated carbocycles. The van der Waals surface area contributed by atoms with E-state index in [1.54, 1.807) is 30.3 Å². The summed E-state index contributed by atoms with van der Waals surface area (Å²) in [6, 6.07) is 6.67. The lowest BCUT2D eigenvalue weighted by atomic mass is 9.90. The number of halogens is 3. The second kappa shape index (κ2) is 7.55. The van der Waals surface area contributed by atoms with E-state index in [4.69, 9.17) is 9.84 Å². The minimum absolute atomic E-state index is 0.110. The van der Waals surface area contributed by atoms with Crippen LogP contribution in [0.3, 0.4) is 0 Å². The van der Waals surface area contributed by atoms with Crippen LogP contribution in [0, 0.1) is 5.92 Å². The number of alkyl halides is 3. The standard InChI is InChI=1S/C16H18F3NO4/c17-16(18,19)13-7-6-12(8-14(21)22)9-20(13)15(23)24-10-11-4-2-1-3-5-11/h1-5,12-13H,6-10H2,(H,21,22)/t12-,13+/m1/s1. The normalized spacial score (nSPS) is 21.4. The number of aliphatic carboxylic acids is 1. The Hall–Kier alpha value is -2.25. The molecule has 0 unspecified atom stereocenters. The summed E-state index contributed by atoms with van der Waals surface area (Å²) >= 11 is 0. The zero-order valence-corrected chi connectivity index (χ0v) is 12.8. The second-order valence-corrected chi connectivity index (χ2v) is 5.79. The molecule has 2 rings (SSSR count). The number of hydrogen-bond donors (Lipinski definition) is 1. The van der Waals surface area contributed by atoms with Gasteiger partial charge in [0.1, 0.15) is 12.6 Å². The molecule has 8 heteroatoms. The fourth-order valence-corrected chi connectivity index (χ4v) is 2.80. The van der Waals surface area contributed by atoms with Crippen LogP contribution in [0.25, 0.3) is 0 Å². The van der Waals surface area contributed by atoms with Crippen LogP contribution in [0.15, 0.2) is 30.3 Å². The summed E-state index contributed by atoms with van der Waals surface area (Å²) < 4.78 is 44.4. The van der Waals surface area contributed by atoms with Gasteiger partial charge in [-0.05, 0) is 24.3 Å². The summed E-state index contributed by atoms with van der Waals surface area (Å²) in [5.41, 5.74) is 0.661. The van der Waals surface area contributed by atoms with Crippen molar-refractivity contribution < 1.29 is 32.6 Å². The van der Waals surface area contributed by atoms with Gasteiger partial charge in [0, 0.05) is 13.0 Å². The number of carboxylic acids is 1. The predicted molar refractivity (Wildman–Crippen MR) is 78.2 cm³/mol. The van der Waals surface area contributed by atoms with E-state index in [0.717, 1.165) is 0 Å². The van der Waals surface area contributed by atoms with E-state index < -0.39 is 30.2 Å². The van der Waals surface area contributed by atoms with Crippen molar-refractivity contribution in [3.63, 3.8) is 0 Å². The number of carbonyl (C=O) groups excluding carboxylic acids is 1. The topological polar surface area (TPSA) is 66.8 Å². The van der Waals surface area contributed by atoms with Crippen LogP contribution in [0.4, 0.5) is 18.0 Å². The van der Waals surface area contributed by atoms with Crippen LogP contribution in [0.5, 0.6) is 0 Å². The van der Waals surface area contributed by atoms with Gasteiger partial charge < -0.3 is 9.84 Å². The smallest absolute Gasteiger partial charge is 0.410 e. The summed E-state index contributed by atoms with van der Waals surface area (Å²) in [5.74, 6) is -1.60. The van der Waals surface area contributed by atoms with E-state index in [0.29, 0.717) is 10.5 Å². The lowest BCUT2D eigenvalue weighted by molar-refractivity contribution is -0.189. The minimum atomic E-state index is -4.57. The quantitative estimate of drug-likeness (QED) is 0.908. The first-order chi connectivity index (χ1) is 11.3. The van der Waals surface area contributed by atoms with Gasteiger partial charge >= 0.3 is 18.2 Å².